The van der Waals surface area contributed by atoms with E-state index < -0.39 is 11.7 Å². The monoisotopic (exact) mass is 386 g/mol. The Morgan fingerprint density at radius 2 is 2.22 bits per heavy atom. The van der Waals surface area contributed by atoms with Crippen LogP contribution >= 0.6 is 0 Å². The molecule has 0 bridgehead atoms. The number of nitrogens with one attached hydrogen (secondary N) is 1. The molecule has 1 aromatic rings. The predicted octanol–water partition coefficient (Wildman–Crippen LogP) is 3.17. The van der Waals surface area contributed by atoms with Crippen LogP contribution in [0.15, 0.2) is 33.9 Å². The van der Waals surface area contributed by atoms with Crippen molar-refractivity contribution in [2.45, 2.75) is 32.0 Å². The van der Waals surface area contributed by atoms with Crippen molar-refractivity contribution in [1.29, 1.82) is 0 Å². The van der Waals surface area contributed by atoms with Gasteiger partial charge in [0.2, 0.25) is 0 Å². The summed E-state index contributed by atoms with van der Waals surface area (Å²) in [5.74, 6) is 0.308. The van der Waals surface area contributed by atoms with Crippen LogP contribution in [-0.4, -0.2) is 43.6 Å². The fourth-order valence-electron chi connectivity index (χ4n) is 2.92. The molecule has 1 aliphatic carbocycles. The van der Waals surface area contributed by atoms with Crippen LogP contribution < -0.4 is 5.32 Å². The molecule has 2 heterocycles. The molecule has 27 heavy (non-hydrogen) atoms. The maximum Gasteiger partial charge on any atom is 0.416 e. The molecule has 1 amide bonds. The zero-order valence-corrected chi connectivity index (χ0v) is 14.7. The van der Waals surface area contributed by atoms with Crippen LogP contribution in [0.5, 0.6) is 0 Å². The minimum atomic E-state index is -4.34. The predicted molar refractivity (Wildman–Crippen MR) is 88.9 cm³/mol. The van der Waals surface area contributed by atoms with E-state index in [1.165, 1.54) is 12.1 Å². The van der Waals surface area contributed by atoms with E-state index in [-0.39, 0.29) is 24.8 Å². The number of aromatic nitrogens is 1. The Hall–Kier alpha value is -2.13. The molecule has 148 valence electrons. The molecule has 0 spiro atoms. The van der Waals surface area contributed by atoms with E-state index in [0.717, 1.165) is 12.5 Å². The third-order valence-electron chi connectivity index (χ3n) is 4.42. The van der Waals surface area contributed by atoms with Crippen molar-refractivity contribution in [3.63, 3.8) is 0 Å². The van der Waals surface area contributed by atoms with Crippen LogP contribution in [0, 0.1) is 5.92 Å². The van der Waals surface area contributed by atoms with Gasteiger partial charge in [0.05, 0.1) is 18.8 Å². The van der Waals surface area contributed by atoms with Gasteiger partial charge in [-0.3, -0.25) is 4.79 Å². The smallest absolute Gasteiger partial charge is 0.381 e. The highest BCUT2D eigenvalue weighted by Crippen LogP contribution is 2.31. The number of carbonyl (C=O) groups is 1. The lowest BCUT2D eigenvalue weighted by Crippen LogP contribution is -2.29. The van der Waals surface area contributed by atoms with E-state index in [1.54, 1.807) is 0 Å². The molecular formula is C18H21F3N2O4. The maximum atomic E-state index is 12.7. The Morgan fingerprint density at radius 3 is 2.96 bits per heavy atom. The number of hydrogen-bond donors (Lipinski definition) is 1. The number of alkyl halides is 3. The standard InChI is InChI=1S/C18H21F3N2O4/c19-18(20,21)14-3-1-2-12(6-14)9-26-11-15-7-16(23-27-15)17(24)22-8-13-4-5-25-10-13/h3,6-7,13H,1-2,4-5,8-11H2,(H,22,24). The van der Waals surface area contributed by atoms with Gasteiger partial charge in [-0.2, -0.15) is 13.2 Å². The first-order valence-corrected chi connectivity index (χ1v) is 8.78. The Bertz CT molecular complexity index is 718. The van der Waals surface area contributed by atoms with Crippen molar-refractivity contribution < 1.29 is 32.0 Å². The van der Waals surface area contributed by atoms with Gasteiger partial charge >= 0.3 is 6.18 Å². The van der Waals surface area contributed by atoms with Gasteiger partial charge in [0.1, 0.15) is 6.61 Å². The molecule has 0 saturated carbocycles. The van der Waals surface area contributed by atoms with Gasteiger partial charge in [0, 0.05) is 25.1 Å². The Kier molecular flexibility index (Phi) is 6.33. The van der Waals surface area contributed by atoms with Crippen LogP contribution in [0.3, 0.4) is 0 Å². The largest absolute Gasteiger partial charge is 0.416 e. The molecule has 1 aliphatic heterocycles. The first-order chi connectivity index (χ1) is 12.9. The lowest BCUT2D eigenvalue weighted by atomic mass is 10.00. The van der Waals surface area contributed by atoms with Gasteiger partial charge in [-0.05, 0) is 30.9 Å². The van der Waals surface area contributed by atoms with Crippen molar-refractivity contribution in [1.82, 2.24) is 10.5 Å². The normalized spacial score (nSPS) is 20.3. The summed E-state index contributed by atoms with van der Waals surface area (Å²) in [6, 6.07) is 1.47. The maximum absolute atomic E-state index is 12.7. The molecule has 9 heteroatoms. The molecule has 1 atom stereocenters. The number of halogens is 3. The fraction of sp³-hybridized carbons (Fsp3) is 0.556. The van der Waals surface area contributed by atoms with Gasteiger partial charge in [-0.15, -0.1) is 0 Å². The molecule has 1 unspecified atom stereocenters. The SMILES string of the molecule is O=C(NCC1CCOC1)c1cc(COCC2=CC(C(F)(F)F)=CCC2)on1. The minimum Gasteiger partial charge on any atom is -0.381 e. The van der Waals surface area contributed by atoms with Crippen molar-refractivity contribution in [3.05, 3.63) is 40.8 Å². The number of amides is 1. The van der Waals surface area contributed by atoms with E-state index in [1.807, 2.05) is 0 Å². The van der Waals surface area contributed by atoms with Crippen molar-refractivity contribution in [3.8, 4) is 0 Å². The molecule has 1 fully saturated rings. The summed E-state index contributed by atoms with van der Waals surface area (Å²) in [6.07, 6.45) is -0.266. The van der Waals surface area contributed by atoms with Crippen molar-refractivity contribution in [2.75, 3.05) is 26.4 Å². The number of carbonyl (C=O) groups excluding carboxylic acids is 1. The number of nitrogens with zero attached hydrogens (tertiary/aromatic N) is 1. The first kappa shape index (κ1) is 19.6. The van der Waals surface area contributed by atoms with Crippen LogP contribution in [0.25, 0.3) is 0 Å². The van der Waals surface area contributed by atoms with E-state index in [9.17, 15) is 18.0 Å². The Labute approximate surface area is 154 Å². The second-order valence-electron chi connectivity index (χ2n) is 6.61. The molecule has 1 aromatic heterocycles. The van der Waals surface area contributed by atoms with Crippen LogP contribution in [-0.2, 0) is 16.1 Å². The summed E-state index contributed by atoms with van der Waals surface area (Å²) in [6.45, 7) is 1.96. The topological polar surface area (TPSA) is 73.6 Å². The van der Waals surface area contributed by atoms with E-state index >= 15 is 0 Å². The van der Waals surface area contributed by atoms with Gasteiger partial charge in [-0.25, -0.2) is 0 Å². The Morgan fingerprint density at radius 1 is 1.37 bits per heavy atom. The third-order valence-corrected chi connectivity index (χ3v) is 4.42. The van der Waals surface area contributed by atoms with Gasteiger partial charge in [-0.1, -0.05) is 11.2 Å². The summed E-state index contributed by atoms with van der Waals surface area (Å²) in [5.41, 5.74) is 0.0754. The summed E-state index contributed by atoms with van der Waals surface area (Å²) in [4.78, 5) is 12.0. The second-order valence-corrected chi connectivity index (χ2v) is 6.61. The average molecular weight is 386 g/mol. The molecule has 3 rings (SSSR count). The quantitative estimate of drug-likeness (QED) is 0.779. The molecule has 6 nitrogen and oxygen atoms in total. The van der Waals surface area contributed by atoms with E-state index in [4.69, 9.17) is 14.0 Å². The van der Waals surface area contributed by atoms with Gasteiger partial charge in [0.25, 0.3) is 5.91 Å². The van der Waals surface area contributed by atoms with Crippen molar-refractivity contribution in [2.24, 2.45) is 5.92 Å². The van der Waals surface area contributed by atoms with Crippen LogP contribution in [0.2, 0.25) is 0 Å². The van der Waals surface area contributed by atoms with Crippen LogP contribution in [0.1, 0.15) is 35.5 Å². The number of hydrogen-bond acceptors (Lipinski definition) is 5. The van der Waals surface area contributed by atoms with E-state index in [2.05, 4.69) is 10.5 Å². The number of ether oxygens (including phenoxy) is 2. The van der Waals surface area contributed by atoms with Gasteiger partial charge in [0.15, 0.2) is 11.5 Å². The third kappa shape index (κ3) is 5.67. The minimum absolute atomic E-state index is 0.0269. The molecule has 0 radical (unpaired) electrons. The molecule has 1 N–H and O–H groups in total. The number of rotatable bonds is 7. The highest BCUT2D eigenvalue weighted by molar-refractivity contribution is 5.92. The zero-order chi connectivity index (χ0) is 19.3. The van der Waals surface area contributed by atoms with E-state index in [0.29, 0.717) is 49.9 Å². The first-order valence-electron chi connectivity index (χ1n) is 8.78. The fourth-order valence-corrected chi connectivity index (χ4v) is 2.92. The highest BCUT2D eigenvalue weighted by atomic mass is 19.4. The summed E-state index contributed by atoms with van der Waals surface area (Å²) in [7, 11) is 0. The summed E-state index contributed by atoms with van der Waals surface area (Å²) >= 11 is 0. The molecule has 0 aromatic carbocycles. The van der Waals surface area contributed by atoms with Crippen LogP contribution in [0.4, 0.5) is 13.2 Å². The molecule has 2 aliphatic rings. The Balaban J connectivity index is 1.43. The molecule has 1 saturated heterocycles. The lowest BCUT2D eigenvalue weighted by molar-refractivity contribution is -0.0887. The molecular weight excluding hydrogens is 365 g/mol. The number of allylic oxidation sites excluding steroid dienone is 3. The zero-order valence-electron chi connectivity index (χ0n) is 14.7. The second kappa shape index (κ2) is 8.71. The lowest BCUT2D eigenvalue weighted by Gasteiger charge is -2.15. The highest BCUT2D eigenvalue weighted by Gasteiger charge is 2.33. The van der Waals surface area contributed by atoms with Crippen molar-refractivity contribution >= 4 is 5.91 Å². The summed E-state index contributed by atoms with van der Waals surface area (Å²) < 4.78 is 53.9. The van der Waals surface area contributed by atoms with Gasteiger partial charge < -0.3 is 19.3 Å². The average Bonchev–Trinajstić information content (AvgIpc) is 3.31. The summed E-state index contributed by atoms with van der Waals surface area (Å²) in [5, 5.41) is 6.48.